The average molecular weight is 821 g/mol. The van der Waals surface area contributed by atoms with Crippen LogP contribution in [0.15, 0.2) is 0 Å². The largest absolute Gasteiger partial charge is 0.471 e. The van der Waals surface area contributed by atoms with E-state index in [1.807, 2.05) is 13.8 Å². The lowest BCUT2D eigenvalue weighted by molar-refractivity contribution is -0.0102. The Morgan fingerprint density at radius 2 is 1.35 bits per heavy atom. The number of phosphoric acid groups is 1. The van der Waals surface area contributed by atoms with Crippen molar-refractivity contribution in [1.29, 1.82) is 0 Å². The Balaban J connectivity index is 0. The summed E-state index contributed by atoms with van der Waals surface area (Å²) in [6, 6.07) is 0. The van der Waals surface area contributed by atoms with Gasteiger partial charge in [0.1, 0.15) is 3.23 Å². The first-order valence-corrected chi connectivity index (χ1v) is 17.2. The minimum Gasteiger partial charge on any atom is -0.303 e. The Hall–Kier alpha value is 3.90. The molecule has 0 aromatic carbocycles. The Labute approximate surface area is 214 Å². The van der Waals surface area contributed by atoms with Gasteiger partial charge >= 0.3 is 13.0 Å². The van der Waals surface area contributed by atoms with E-state index in [4.69, 9.17) is 16.1 Å². The van der Waals surface area contributed by atoms with Crippen LogP contribution in [0, 0.1) is 10.8 Å². The van der Waals surface area contributed by atoms with E-state index in [1.54, 1.807) is 13.8 Å². The van der Waals surface area contributed by atoms with Gasteiger partial charge in [0.05, 0.1) is 3.74 Å². The topological polar surface area (TPSA) is 83.8 Å². The number of hydrogen-bond donors (Lipinski definition) is 2. The van der Waals surface area contributed by atoms with Crippen LogP contribution in [0.2, 0.25) is 0 Å². The van der Waals surface area contributed by atoms with E-state index in [-0.39, 0.29) is 3.74 Å². The fraction of sp³-hybridized carbons (Fsp3) is 1.00. The molecule has 1 unspecified atom stereocenters. The van der Waals surface area contributed by atoms with Crippen molar-refractivity contribution >= 4 is 138 Å². The van der Waals surface area contributed by atoms with Gasteiger partial charge in [-0.2, -0.15) is 0 Å². The summed E-state index contributed by atoms with van der Waals surface area (Å²) < 4.78 is 24.5. The molecule has 0 amide bonds. The fourth-order valence-corrected chi connectivity index (χ4v) is 6.53. The maximum atomic E-state index is 11.5. The SMILES string of the molecule is CC(C)(CBr)C(Br)(Br)C(Cl)(OP(=O)(O)O)C(C)(C)C(Br)Br.O=P(Cl)(Cl)Cl. The van der Waals surface area contributed by atoms with E-state index >= 15 is 0 Å². The summed E-state index contributed by atoms with van der Waals surface area (Å²) in [5, 5.41) is -4.52. The predicted molar refractivity (Wildman–Crippen MR) is 130 cm³/mol. The lowest BCUT2D eigenvalue weighted by Gasteiger charge is -2.54. The molecule has 0 radical (unpaired) electrons. The van der Waals surface area contributed by atoms with Crippen LogP contribution in [-0.4, -0.2) is 27.1 Å². The van der Waals surface area contributed by atoms with Gasteiger partial charge in [-0.3, -0.25) is 9.09 Å². The fourth-order valence-electron chi connectivity index (χ4n) is 1.40. The smallest absolute Gasteiger partial charge is 0.303 e. The molecule has 0 spiro atoms. The number of alkyl halides is 6. The van der Waals surface area contributed by atoms with Gasteiger partial charge < -0.3 is 9.79 Å². The molecule has 0 aromatic heterocycles. The number of hydrogen-bond acceptors (Lipinski definition) is 3. The van der Waals surface area contributed by atoms with E-state index in [0.29, 0.717) is 5.33 Å². The molecule has 160 valence electrons. The summed E-state index contributed by atoms with van der Waals surface area (Å²) in [5.74, 6) is 0. The predicted octanol–water partition coefficient (Wildman–Crippen LogP) is 8.89. The van der Waals surface area contributed by atoms with Crippen molar-refractivity contribution in [3.8, 4) is 0 Å². The summed E-state index contributed by atoms with van der Waals surface area (Å²) in [7, 11) is -4.85. The third-order valence-corrected chi connectivity index (χ3v) is 12.1. The lowest BCUT2D eigenvalue weighted by atomic mass is 9.77. The van der Waals surface area contributed by atoms with Gasteiger partial charge in [-0.1, -0.05) is 119 Å². The van der Waals surface area contributed by atoms with Crippen LogP contribution in [0.3, 0.4) is 0 Å². The molecule has 26 heavy (non-hydrogen) atoms. The summed E-state index contributed by atoms with van der Waals surface area (Å²) >= 11 is 37.6. The molecule has 0 aliphatic rings. The number of phosphoric ester groups is 1. The van der Waals surface area contributed by atoms with Gasteiger partial charge in [-0.15, -0.1) is 0 Å². The molecule has 0 rings (SSSR count). The molecule has 0 fully saturated rings. The molecule has 1 atom stereocenters. The third-order valence-electron chi connectivity index (χ3n) is 3.21. The van der Waals surface area contributed by atoms with E-state index < -0.39 is 32.1 Å². The Bertz CT molecular complexity index is 560. The van der Waals surface area contributed by atoms with Crippen molar-refractivity contribution in [3.05, 3.63) is 0 Å². The monoisotopic (exact) mass is 814 g/mol. The Morgan fingerprint density at radius 1 is 1.04 bits per heavy atom. The molecule has 0 heterocycles. The van der Waals surface area contributed by atoms with Crippen LogP contribution in [-0.2, 0) is 13.7 Å². The first kappa shape index (κ1) is 32.1. The molecule has 0 aromatic rings. The van der Waals surface area contributed by atoms with Crippen LogP contribution in [0.25, 0.3) is 0 Å². The summed E-state index contributed by atoms with van der Waals surface area (Å²) in [6.07, 6.45) is 0. The van der Waals surface area contributed by atoms with Gasteiger partial charge in [-0.05, 0) is 33.7 Å². The molecule has 0 saturated heterocycles. The highest BCUT2D eigenvalue weighted by atomic mass is 79.9. The second kappa shape index (κ2) is 11.2. The van der Waals surface area contributed by atoms with Crippen molar-refractivity contribution < 1.29 is 23.4 Å². The summed E-state index contributed by atoms with van der Waals surface area (Å²) in [6.45, 7) is 7.20. The lowest BCUT2D eigenvalue weighted by Crippen LogP contribution is -2.61. The average Bonchev–Trinajstić information content (AvgIpc) is 2.33. The van der Waals surface area contributed by atoms with E-state index in [9.17, 15) is 18.9 Å². The van der Waals surface area contributed by atoms with Crippen LogP contribution >= 0.6 is 138 Å². The van der Waals surface area contributed by atoms with Crippen LogP contribution in [0.5, 0.6) is 0 Å². The van der Waals surface area contributed by atoms with Crippen LogP contribution < -0.4 is 0 Å². The van der Waals surface area contributed by atoms with Gasteiger partial charge in [0.25, 0.3) is 0 Å². The molecule has 0 aliphatic heterocycles. The maximum Gasteiger partial charge on any atom is 0.471 e. The molecule has 5 nitrogen and oxygen atoms in total. The van der Waals surface area contributed by atoms with Crippen molar-refractivity contribution in [2.45, 2.75) is 39.7 Å². The minimum atomic E-state index is -4.85. The van der Waals surface area contributed by atoms with Gasteiger partial charge in [0.2, 0.25) is 0 Å². The van der Waals surface area contributed by atoms with Crippen molar-refractivity contribution in [3.63, 3.8) is 0 Å². The maximum absolute atomic E-state index is 11.5. The minimum absolute atomic E-state index is 0.373. The third kappa shape index (κ3) is 9.58. The highest BCUT2D eigenvalue weighted by molar-refractivity contribution is 9.25. The van der Waals surface area contributed by atoms with Gasteiger partial charge in [-0.25, -0.2) is 4.57 Å². The Morgan fingerprint density at radius 3 is 1.54 bits per heavy atom. The van der Waals surface area contributed by atoms with Gasteiger partial charge in [0, 0.05) is 16.2 Å². The molecule has 0 saturated carbocycles. The van der Waals surface area contributed by atoms with Gasteiger partial charge in [0.15, 0.2) is 5.06 Å². The van der Waals surface area contributed by atoms with Crippen molar-refractivity contribution in [2.24, 2.45) is 10.8 Å². The summed E-state index contributed by atoms with van der Waals surface area (Å²) in [5.41, 5.74) is -1.49. The standard InChI is InChI=1S/C10H17Br5ClO4P.Cl3OP/c1-7(2,5-11)9(14,15)10(16,20-21(17,18)19)8(3,4)6(12)13;1-5(2,3)4/h6H,5H2,1-4H3,(H2,17,18,19);. The van der Waals surface area contributed by atoms with Crippen molar-refractivity contribution in [2.75, 3.05) is 5.33 Å². The van der Waals surface area contributed by atoms with Crippen LogP contribution in [0.4, 0.5) is 0 Å². The summed E-state index contributed by atoms with van der Waals surface area (Å²) in [4.78, 5) is 18.6. The molecule has 0 bridgehead atoms. The second-order valence-electron chi connectivity index (χ2n) is 6.19. The zero-order valence-corrected chi connectivity index (χ0v) is 26.4. The quantitative estimate of drug-likeness (QED) is 0.198. The van der Waals surface area contributed by atoms with Crippen LogP contribution in [0.1, 0.15) is 27.7 Å². The zero-order valence-electron chi connectivity index (χ0n) is 13.7. The normalized spacial score (nSPS) is 16.8. The number of halogens is 9. The zero-order chi connectivity index (χ0) is 22.0. The molecule has 16 heteroatoms. The van der Waals surface area contributed by atoms with E-state index in [2.05, 4.69) is 113 Å². The Kier molecular flexibility index (Phi) is 13.8. The molecule has 2 N–H and O–H groups in total. The van der Waals surface area contributed by atoms with E-state index in [1.165, 1.54) is 0 Å². The highest BCUT2D eigenvalue weighted by Gasteiger charge is 2.67. The first-order valence-electron chi connectivity index (χ1n) is 6.32. The van der Waals surface area contributed by atoms with E-state index in [0.717, 1.165) is 0 Å². The first-order chi connectivity index (χ1) is 11.0. The van der Waals surface area contributed by atoms with Crippen molar-refractivity contribution in [1.82, 2.24) is 0 Å². The molecular formula is C10H17Br5Cl4O5P2. The second-order valence-corrected chi connectivity index (χ2v) is 21.6. The highest BCUT2D eigenvalue weighted by Crippen LogP contribution is 2.67. The molecule has 0 aliphatic carbocycles. The molecular weight excluding hydrogens is 803 g/mol. The number of rotatable bonds is 7.